The predicted octanol–water partition coefficient (Wildman–Crippen LogP) is 0.836. The second-order valence-corrected chi connectivity index (χ2v) is 3.21. The van der Waals surface area contributed by atoms with Gasteiger partial charge in [-0.05, 0) is 0 Å². The van der Waals surface area contributed by atoms with E-state index in [1.165, 1.54) is 7.11 Å². The van der Waals surface area contributed by atoms with Crippen LogP contribution in [-0.4, -0.2) is 29.5 Å². The molecule has 0 amide bonds. The van der Waals surface area contributed by atoms with Crippen LogP contribution in [-0.2, 0) is 9.53 Å². The van der Waals surface area contributed by atoms with Gasteiger partial charge in [-0.3, -0.25) is 14.9 Å². The molecule has 0 spiro atoms. The minimum atomic E-state index is -0.633. The average Bonchev–Trinajstić information content (AvgIpc) is 2.38. The smallest absolute Gasteiger partial charge is 0.307 e. The van der Waals surface area contributed by atoms with E-state index in [0.717, 1.165) is 12.3 Å². The van der Waals surface area contributed by atoms with Crippen molar-refractivity contribution in [3.63, 3.8) is 0 Å². The van der Waals surface area contributed by atoms with E-state index >= 15 is 0 Å². The molecule has 1 aromatic heterocycles. The molecule has 0 saturated carbocycles. The van der Waals surface area contributed by atoms with Gasteiger partial charge in [0.1, 0.15) is 23.6 Å². The lowest BCUT2D eigenvalue weighted by atomic mass is 10.2. The molecule has 18 heavy (non-hydrogen) atoms. The minimum absolute atomic E-state index is 0.0501. The SMILES string of the molecule is COC(=O)CCNc1ncc([N+](=O)[O-])cc1C#N. The Hall–Kier alpha value is -2.69. The number of methoxy groups -OCH3 is 1. The van der Waals surface area contributed by atoms with Gasteiger partial charge in [0.25, 0.3) is 5.69 Å². The van der Waals surface area contributed by atoms with Crippen molar-refractivity contribution >= 4 is 17.5 Å². The van der Waals surface area contributed by atoms with E-state index in [4.69, 9.17) is 5.26 Å². The number of hydrogen-bond acceptors (Lipinski definition) is 7. The number of hydrogen-bond donors (Lipinski definition) is 1. The highest BCUT2D eigenvalue weighted by Crippen LogP contribution is 2.17. The highest BCUT2D eigenvalue weighted by atomic mass is 16.6. The standard InChI is InChI=1S/C10H10N4O4/c1-18-9(15)2-3-12-10-7(5-11)4-8(6-13-10)14(16)17/h4,6H,2-3H2,1H3,(H,12,13). The first-order chi connectivity index (χ1) is 8.58. The summed E-state index contributed by atoms with van der Waals surface area (Å²) in [6, 6.07) is 2.92. The third-order valence-corrected chi connectivity index (χ3v) is 2.05. The number of anilines is 1. The minimum Gasteiger partial charge on any atom is -0.469 e. The summed E-state index contributed by atoms with van der Waals surface area (Å²) in [5.41, 5.74) is -0.209. The summed E-state index contributed by atoms with van der Waals surface area (Å²) in [6.07, 6.45) is 1.15. The van der Waals surface area contributed by atoms with Gasteiger partial charge < -0.3 is 10.1 Å². The second kappa shape index (κ2) is 6.15. The second-order valence-electron chi connectivity index (χ2n) is 3.21. The van der Waals surface area contributed by atoms with E-state index in [9.17, 15) is 14.9 Å². The van der Waals surface area contributed by atoms with Gasteiger partial charge in [0.05, 0.1) is 18.5 Å². The van der Waals surface area contributed by atoms with E-state index in [1.54, 1.807) is 6.07 Å². The van der Waals surface area contributed by atoms with Crippen LogP contribution in [0.5, 0.6) is 0 Å². The Balaban J connectivity index is 2.75. The van der Waals surface area contributed by atoms with Crippen molar-refractivity contribution in [3.05, 3.63) is 27.9 Å². The Bertz CT molecular complexity index is 509. The quantitative estimate of drug-likeness (QED) is 0.467. The number of carbonyl (C=O) groups excluding carboxylic acids is 1. The van der Waals surface area contributed by atoms with E-state index < -0.39 is 10.9 Å². The highest BCUT2D eigenvalue weighted by Gasteiger charge is 2.12. The fourth-order valence-corrected chi connectivity index (χ4v) is 1.16. The molecule has 0 atom stereocenters. The third-order valence-electron chi connectivity index (χ3n) is 2.05. The number of esters is 1. The van der Waals surface area contributed by atoms with Gasteiger partial charge in [0.2, 0.25) is 0 Å². The Morgan fingerprint density at radius 1 is 1.72 bits per heavy atom. The molecule has 94 valence electrons. The zero-order chi connectivity index (χ0) is 13.5. The van der Waals surface area contributed by atoms with Gasteiger partial charge in [0.15, 0.2) is 0 Å². The highest BCUT2D eigenvalue weighted by molar-refractivity contribution is 5.70. The Kier molecular flexibility index (Phi) is 4.57. The monoisotopic (exact) mass is 250 g/mol. The molecule has 1 rings (SSSR count). The number of pyridine rings is 1. The lowest BCUT2D eigenvalue weighted by Gasteiger charge is -2.05. The van der Waals surface area contributed by atoms with Crippen LogP contribution >= 0.6 is 0 Å². The molecule has 0 unspecified atom stereocenters. The predicted molar refractivity (Wildman–Crippen MR) is 60.7 cm³/mol. The number of nitriles is 1. The summed E-state index contributed by atoms with van der Waals surface area (Å²) in [7, 11) is 1.27. The molecular formula is C10H10N4O4. The molecule has 8 heteroatoms. The maximum atomic E-state index is 10.9. The van der Waals surface area contributed by atoms with E-state index in [1.807, 2.05) is 0 Å². The molecule has 1 N–H and O–H groups in total. The number of nitrogens with one attached hydrogen (secondary N) is 1. The van der Waals surface area contributed by atoms with Gasteiger partial charge in [-0.1, -0.05) is 0 Å². The number of nitrogens with zero attached hydrogens (tertiary/aromatic N) is 3. The third kappa shape index (κ3) is 3.41. The molecular weight excluding hydrogens is 240 g/mol. The Morgan fingerprint density at radius 2 is 2.44 bits per heavy atom. The van der Waals surface area contributed by atoms with Crippen LogP contribution in [0.3, 0.4) is 0 Å². The van der Waals surface area contributed by atoms with Gasteiger partial charge in [-0.25, -0.2) is 4.98 Å². The first-order valence-electron chi connectivity index (χ1n) is 4.93. The summed E-state index contributed by atoms with van der Waals surface area (Å²) in [6.45, 7) is 0.228. The van der Waals surface area contributed by atoms with Crippen LogP contribution in [0.15, 0.2) is 12.3 Å². The van der Waals surface area contributed by atoms with Crippen molar-refractivity contribution in [2.24, 2.45) is 0 Å². The molecule has 0 radical (unpaired) electrons. The first-order valence-corrected chi connectivity index (χ1v) is 4.93. The number of aromatic nitrogens is 1. The molecule has 0 bridgehead atoms. The number of nitro groups is 1. The summed E-state index contributed by atoms with van der Waals surface area (Å²) in [5.74, 6) is -0.199. The average molecular weight is 250 g/mol. The molecule has 0 aliphatic heterocycles. The zero-order valence-corrected chi connectivity index (χ0v) is 9.54. The molecule has 8 nitrogen and oxygen atoms in total. The van der Waals surface area contributed by atoms with Crippen LogP contribution in [0.4, 0.5) is 11.5 Å². The zero-order valence-electron chi connectivity index (χ0n) is 9.54. The van der Waals surface area contributed by atoms with E-state index in [-0.39, 0.29) is 30.0 Å². The van der Waals surface area contributed by atoms with Gasteiger partial charge in [-0.15, -0.1) is 0 Å². The number of rotatable bonds is 5. The lowest BCUT2D eigenvalue weighted by molar-refractivity contribution is -0.385. The van der Waals surface area contributed by atoms with Crippen molar-refractivity contribution in [3.8, 4) is 6.07 Å². The molecule has 0 aromatic carbocycles. The molecule has 1 heterocycles. The normalized spacial score (nSPS) is 9.33. The van der Waals surface area contributed by atoms with Crippen molar-refractivity contribution in [2.75, 3.05) is 19.0 Å². The molecule has 0 aliphatic rings. The van der Waals surface area contributed by atoms with Gasteiger partial charge in [0, 0.05) is 12.6 Å². The van der Waals surface area contributed by atoms with Crippen LogP contribution < -0.4 is 5.32 Å². The first kappa shape index (κ1) is 13.4. The van der Waals surface area contributed by atoms with E-state index in [0.29, 0.717) is 0 Å². The number of carbonyl (C=O) groups is 1. The summed E-state index contributed by atoms with van der Waals surface area (Å²) >= 11 is 0. The van der Waals surface area contributed by atoms with Crippen LogP contribution in [0.25, 0.3) is 0 Å². The summed E-state index contributed by atoms with van der Waals surface area (Å²) in [5, 5.41) is 22.1. The molecule has 0 aliphatic carbocycles. The van der Waals surface area contributed by atoms with Crippen LogP contribution in [0.1, 0.15) is 12.0 Å². The van der Waals surface area contributed by atoms with E-state index in [2.05, 4.69) is 15.0 Å². The topological polar surface area (TPSA) is 118 Å². The van der Waals surface area contributed by atoms with Crippen LogP contribution in [0, 0.1) is 21.4 Å². The van der Waals surface area contributed by atoms with Crippen molar-refractivity contribution in [2.45, 2.75) is 6.42 Å². The van der Waals surface area contributed by atoms with Crippen molar-refractivity contribution in [1.29, 1.82) is 5.26 Å². The van der Waals surface area contributed by atoms with Gasteiger partial charge in [-0.2, -0.15) is 5.26 Å². The maximum absolute atomic E-state index is 10.9. The number of ether oxygens (including phenoxy) is 1. The molecule has 0 saturated heterocycles. The van der Waals surface area contributed by atoms with Crippen LogP contribution in [0.2, 0.25) is 0 Å². The largest absolute Gasteiger partial charge is 0.469 e. The Labute approximate surface area is 102 Å². The lowest BCUT2D eigenvalue weighted by Crippen LogP contribution is -2.11. The molecule has 1 aromatic rings. The maximum Gasteiger partial charge on any atom is 0.307 e. The summed E-state index contributed by atoms with van der Waals surface area (Å²) in [4.78, 5) is 24.5. The fourth-order valence-electron chi connectivity index (χ4n) is 1.16. The van der Waals surface area contributed by atoms with Gasteiger partial charge >= 0.3 is 5.97 Å². The summed E-state index contributed by atoms with van der Waals surface area (Å²) < 4.78 is 4.44. The van der Waals surface area contributed by atoms with Crippen molar-refractivity contribution < 1.29 is 14.5 Å². The Morgan fingerprint density at radius 3 is 3.00 bits per heavy atom. The fraction of sp³-hybridized carbons (Fsp3) is 0.300. The molecule has 0 fully saturated rings. The van der Waals surface area contributed by atoms with Crippen molar-refractivity contribution in [1.82, 2.24) is 4.98 Å².